The normalized spacial score (nSPS) is 13.8. The van der Waals surface area contributed by atoms with E-state index in [2.05, 4.69) is 9.97 Å². The molecule has 3 aromatic rings. The van der Waals surface area contributed by atoms with E-state index < -0.39 is 11.7 Å². The summed E-state index contributed by atoms with van der Waals surface area (Å²) in [5, 5.41) is 0.617. The molecule has 0 saturated carbocycles. The largest absolute Gasteiger partial charge is 0.416 e. The second-order valence-electron chi connectivity index (χ2n) is 6.15. The molecule has 1 aliphatic heterocycles. The van der Waals surface area contributed by atoms with Crippen molar-refractivity contribution in [1.29, 1.82) is 0 Å². The van der Waals surface area contributed by atoms with Crippen molar-refractivity contribution in [1.82, 2.24) is 14.5 Å². The van der Waals surface area contributed by atoms with Gasteiger partial charge >= 0.3 is 6.18 Å². The van der Waals surface area contributed by atoms with E-state index in [-0.39, 0.29) is 5.56 Å². The molecule has 0 atom stereocenters. The zero-order chi connectivity index (χ0) is 19.7. The first-order valence-corrected chi connectivity index (χ1v) is 9.45. The molecule has 28 heavy (non-hydrogen) atoms. The number of pyridine rings is 1. The van der Waals surface area contributed by atoms with Gasteiger partial charge in [0.05, 0.1) is 16.8 Å². The van der Waals surface area contributed by atoms with Gasteiger partial charge in [-0.1, -0.05) is 36.0 Å². The fourth-order valence-corrected chi connectivity index (χ4v) is 3.90. The van der Waals surface area contributed by atoms with E-state index in [1.165, 1.54) is 23.9 Å². The van der Waals surface area contributed by atoms with Crippen LogP contribution in [0.2, 0.25) is 0 Å². The van der Waals surface area contributed by atoms with Crippen molar-refractivity contribution in [3.05, 3.63) is 76.0 Å². The molecule has 0 aliphatic carbocycles. The van der Waals surface area contributed by atoms with Crippen LogP contribution in [0.4, 0.5) is 13.2 Å². The minimum Gasteiger partial charge on any atom is -0.286 e. The molecule has 0 radical (unpaired) electrons. The molecule has 0 unspecified atom stereocenters. The van der Waals surface area contributed by atoms with E-state index in [0.717, 1.165) is 23.4 Å². The van der Waals surface area contributed by atoms with Gasteiger partial charge in [0.15, 0.2) is 5.16 Å². The quantitative estimate of drug-likeness (QED) is 0.602. The maximum Gasteiger partial charge on any atom is 0.416 e. The molecule has 4 rings (SSSR count). The van der Waals surface area contributed by atoms with Crippen LogP contribution in [0.1, 0.15) is 16.8 Å². The summed E-state index contributed by atoms with van der Waals surface area (Å²) >= 11 is 1.48. The van der Waals surface area contributed by atoms with Crippen LogP contribution in [0.25, 0.3) is 23.3 Å². The Balaban J connectivity index is 1.83. The lowest BCUT2D eigenvalue weighted by Gasteiger charge is -2.11. The number of fused-ring (bicyclic) bond motifs is 1. The van der Waals surface area contributed by atoms with Crippen molar-refractivity contribution in [2.75, 3.05) is 5.75 Å². The fourth-order valence-electron chi connectivity index (χ4n) is 2.95. The van der Waals surface area contributed by atoms with Gasteiger partial charge in [-0.15, -0.1) is 0 Å². The van der Waals surface area contributed by atoms with Crippen molar-refractivity contribution in [2.24, 2.45) is 0 Å². The van der Waals surface area contributed by atoms with Crippen LogP contribution in [-0.4, -0.2) is 20.3 Å². The third-order valence-corrected chi connectivity index (χ3v) is 5.28. The highest BCUT2D eigenvalue weighted by Gasteiger charge is 2.30. The van der Waals surface area contributed by atoms with Crippen molar-refractivity contribution < 1.29 is 13.2 Å². The number of aromatic nitrogens is 3. The van der Waals surface area contributed by atoms with Gasteiger partial charge in [-0.3, -0.25) is 14.3 Å². The molecule has 4 nitrogen and oxygen atoms in total. The van der Waals surface area contributed by atoms with Gasteiger partial charge in [0.2, 0.25) is 0 Å². The second-order valence-corrected chi connectivity index (χ2v) is 7.22. The molecule has 8 heteroatoms. The van der Waals surface area contributed by atoms with Gasteiger partial charge < -0.3 is 0 Å². The summed E-state index contributed by atoms with van der Waals surface area (Å²) in [7, 11) is 0. The van der Waals surface area contributed by atoms with Gasteiger partial charge in [0.25, 0.3) is 5.56 Å². The topological polar surface area (TPSA) is 47.8 Å². The standard InChI is InChI=1S/C20H14F3N3OS/c21-20(22,23)15-6-4-14(5-7-15)17-16(8-3-13-2-1-9-24-12-13)25-19-26(18(17)27)10-11-28-19/h1-9,12H,10-11H2/b8-3+. The average Bonchev–Trinajstić information content (AvgIpc) is 3.16. The van der Waals surface area contributed by atoms with Gasteiger partial charge in [-0.25, -0.2) is 4.98 Å². The van der Waals surface area contributed by atoms with Crippen LogP contribution < -0.4 is 5.56 Å². The molecule has 0 saturated heterocycles. The van der Waals surface area contributed by atoms with Crippen molar-refractivity contribution in [3.63, 3.8) is 0 Å². The first kappa shape index (κ1) is 18.5. The predicted octanol–water partition coefficient (Wildman–Crippen LogP) is 4.60. The second kappa shape index (κ2) is 7.27. The number of thioether (sulfide) groups is 1. The van der Waals surface area contributed by atoms with E-state index in [1.54, 1.807) is 35.2 Å². The minimum absolute atomic E-state index is 0.249. The number of benzene rings is 1. The molecule has 1 aliphatic rings. The number of nitrogens with zero attached hydrogens (tertiary/aromatic N) is 3. The summed E-state index contributed by atoms with van der Waals surface area (Å²) in [6, 6.07) is 8.25. The molecule has 0 bridgehead atoms. The molecule has 142 valence electrons. The maximum absolute atomic E-state index is 13.0. The molecule has 0 amide bonds. The van der Waals surface area contributed by atoms with Crippen LogP contribution in [0.3, 0.4) is 0 Å². The summed E-state index contributed by atoms with van der Waals surface area (Å²) in [4.78, 5) is 21.6. The molecular weight excluding hydrogens is 387 g/mol. The monoisotopic (exact) mass is 401 g/mol. The average molecular weight is 401 g/mol. The lowest BCUT2D eigenvalue weighted by Crippen LogP contribution is -2.23. The molecule has 0 spiro atoms. The van der Waals surface area contributed by atoms with E-state index >= 15 is 0 Å². The number of halogens is 3. The molecule has 0 fully saturated rings. The number of hydrogen-bond acceptors (Lipinski definition) is 4. The Labute approximate surface area is 162 Å². The number of alkyl halides is 3. The van der Waals surface area contributed by atoms with E-state index in [4.69, 9.17) is 0 Å². The van der Waals surface area contributed by atoms with Crippen LogP contribution in [0.15, 0.2) is 58.7 Å². The highest BCUT2D eigenvalue weighted by Crippen LogP contribution is 2.32. The zero-order valence-corrected chi connectivity index (χ0v) is 15.3. The smallest absolute Gasteiger partial charge is 0.286 e. The summed E-state index contributed by atoms with van der Waals surface area (Å²) in [6.07, 6.45) is 2.37. The van der Waals surface area contributed by atoms with Crippen molar-refractivity contribution in [2.45, 2.75) is 17.9 Å². The van der Waals surface area contributed by atoms with E-state index in [9.17, 15) is 18.0 Å². The maximum atomic E-state index is 13.0. The number of rotatable bonds is 3. The Hall–Kier alpha value is -2.87. The van der Waals surface area contributed by atoms with Crippen molar-refractivity contribution in [3.8, 4) is 11.1 Å². The Bertz CT molecular complexity index is 1090. The predicted molar refractivity (Wildman–Crippen MR) is 103 cm³/mol. The Morgan fingerprint density at radius 3 is 2.57 bits per heavy atom. The lowest BCUT2D eigenvalue weighted by atomic mass is 10.0. The highest BCUT2D eigenvalue weighted by atomic mass is 32.2. The number of hydrogen-bond donors (Lipinski definition) is 0. The van der Waals surface area contributed by atoms with E-state index in [0.29, 0.717) is 28.5 Å². The van der Waals surface area contributed by atoms with Gasteiger partial charge in [-0.05, 0) is 35.4 Å². The van der Waals surface area contributed by atoms with Gasteiger partial charge in [-0.2, -0.15) is 13.2 Å². The van der Waals surface area contributed by atoms with Crippen LogP contribution in [0, 0.1) is 0 Å². The third kappa shape index (κ3) is 3.60. The summed E-state index contributed by atoms with van der Waals surface area (Å²) in [5.74, 6) is 0.741. The molecule has 1 aromatic carbocycles. The SMILES string of the molecule is O=c1c(-c2ccc(C(F)(F)F)cc2)c(/C=C/c2cccnc2)nc2n1CCS2. The van der Waals surface area contributed by atoms with Crippen LogP contribution in [-0.2, 0) is 12.7 Å². The Morgan fingerprint density at radius 2 is 1.89 bits per heavy atom. The highest BCUT2D eigenvalue weighted by molar-refractivity contribution is 7.99. The van der Waals surface area contributed by atoms with Crippen LogP contribution in [0.5, 0.6) is 0 Å². The summed E-state index contributed by atoms with van der Waals surface area (Å²) < 4.78 is 40.2. The van der Waals surface area contributed by atoms with Crippen LogP contribution >= 0.6 is 11.8 Å². The first-order valence-electron chi connectivity index (χ1n) is 8.47. The van der Waals surface area contributed by atoms with E-state index in [1.807, 2.05) is 6.07 Å². The van der Waals surface area contributed by atoms with Crippen molar-refractivity contribution >= 4 is 23.9 Å². The lowest BCUT2D eigenvalue weighted by molar-refractivity contribution is -0.137. The minimum atomic E-state index is -4.43. The summed E-state index contributed by atoms with van der Waals surface area (Å²) in [6.45, 7) is 0.534. The Kier molecular flexibility index (Phi) is 4.80. The summed E-state index contributed by atoms with van der Waals surface area (Å²) in [5.41, 5.74) is 0.947. The van der Waals surface area contributed by atoms with Gasteiger partial charge in [0, 0.05) is 24.7 Å². The molecule has 2 aromatic heterocycles. The molecular formula is C20H14F3N3OS. The molecule has 0 N–H and O–H groups in total. The van der Waals surface area contributed by atoms with Gasteiger partial charge in [0.1, 0.15) is 0 Å². The first-order chi connectivity index (χ1) is 13.4. The molecule has 3 heterocycles. The zero-order valence-electron chi connectivity index (χ0n) is 14.5. The Morgan fingerprint density at radius 1 is 1.11 bits per heavy atom. The third-order valence-electron chi connectivity index (χ3n) is 4.33. The fraction of sp³-hybridized carbons (Fsp3) is 0.150.